The average molecular weight is 572 g/mol. The van der Waals surface area contributed by atoms with Crippen LogP contribution in [0.3, 0.4) is 0 Å². The van der Waals surface area contributed by atoms with Gasteiger partial charge in [-0.3, -0.25) is 9.10 Å². The molecule has 5 nitrogen and oxygen atoms in total. The minimum absolute atomic E-state index is 0.174. The van der Waals surface area contributed by atoms with E-state index in [1.807, 2.05) is 51.1 Å². The summed E-state index contributed by atoms with van der Waals surface area (Å²) in [5.41, 5.74) is 4.46. The number of fused-ring (bicyclic) bond motifs is 1. The zero-order valence-corrected chi connectivity index (χ0v) is 23.3. The van der Waals surface area contributed by atoms with Crippen molar-refractivity contribution < 1.29 is 13.2 Å². The van der Waals surface area contributed by atoms with Crippen molar-refractivity contribution in [1.82, 2.24) is 0 Å². The number of carbonyl (C=O) groups is 1. The maximum absolute atomic E-state index is 13.3. The monoisotopic (exact) mass is 570 g/mol. The van der Waals surface area contributed by atoms with Gasteiger partial charge in [-0.2, -0.15) is 0 Å². The van der Waals surface area contributed by atoms with Crippen LogP contribution in [-0.4, -0.2) is 20.9 Å². The molecule has 3 aromatic carbocycles. The molecule has 4 aromatic rings. The Balaban J connectivity index is 1.65. The van der Waals surface area contributed by atoms with Crippen LogP contribution in [0.4, 0.5) is 11.4 Å². The van der Waals surface area contributed by atoms with Crippen molar-refractivity contribution in [3.8, 4) is 0 Å². The molecule has 1 amide bonds. The molecule has 35 heavy (non-hydrogen) atoms. The third-order valence-electron chi connectivity index (χ3n) is 5.91. The Hall–Kier alpha value is -2.68. The second-order valence-corrected chi connectivity index (χ2v) is 12.2. The van der Waals surface area contributed by atoms with Gasteiger partial charge in [-0.1, -0.05) is 40.5 Å². The minimum Gasteiger partial charge on any atom is -0.321 e. The quantitative estimate of drug-likeness (QED) is 0.253. The van der Waals surface area contributed by atoms with Crippen LogP contribution in [0.25, 0.3) is 10.1 Å². The number of carbonyl (C=O) groups excluding carboxylic acids is 1. The van der Waals surface area contributed by atoms with E-state index in [9.17, 15) is 13.2 Å². The summed E-state index contributed by atoms with van der Waals surface area (Å²) in [7, 11) is -3.70. The maximum atomic E-state index is 13.3. The Morgan fingerprint density at radius 3 is 2.37 bits per heavy atom. The smallest absolute Gasteiger partial charge is 0.265 e. The number of anilines is 2. The van der Waals surface area contributed by atoms with Gasteiger partial charge in [-0.15, -0.1) is 11.3 Å². The molecular formula is C27H27BrN2O3S2. The minimum atomic E-state index is -3.70. The molecule has 182 valence electrons. The number of aryl methyl sites for hydroxylation is 3. The first-order valence-electron chi connectivity index (χ1n) is 11.4. The van der Waals surface area contributed by atoms with Crippen molar-refractivity contribution >= 4 is 64.7 Å². The van der Waals surface area contributed by atoms with Gasteiger partial charge in [0.1, 0.15) is 0 Å². The van der Waals surface area contributed by atoms with Crippen LogP contribution in [-0.2, 0) is 16.4 Å². The maximum Gasteiger partial charge on any atom is 0.265 e. The summed E-state index contributed by atoms with van der Waals surface area (Å²) in [6, 6.07) is 18.2. The van der Waals surface area contributed by atoms with E-state index in [0.29, 0.717) is 17.1 Å². The Labute approximate surface area is 219 Å². The third kappa shape index (κ3) is 5.15. The predicted molar refractivity (Wildman–Crippen MR) is 149 cm³/mol. The fourth-order valence-corrected chi connectivity index (χ4v) is 7.10. The first-order valence-corrected chi connectivity index (χ1v) is 14.4. The van der Waals surface area contributed by atoms with Crippen LogP contribution in [0.2, 0.25) is 0 Å². The van der Waals surface area contributed by atoms with Crippen LogP contribution in [0.15, 0.2) is 70.0 Å². The number of sulfonamides is 1. The van der Waals surface area contributed by atoms with Gasteiger partial charge < -0.3 is 5.32 Å². The zero-order chi connectivity index (χ0) is 25.3. The van der Waals surface area contributed by atoms with Crippen LogP contribution in [0.5, 0.6) is 0 Å². The van der Waals surface area contributed by atoms with Crippen LogP contribution >= 0.6 is 27.3 Å². The number of thiophene rings is 1. The zero-order valence-electron chi connectivity index (χ0n) is 20.1. The molecule has 0 spiro atoms. The SMILES string of the molecule is CCc1cc(Br)cc(C)c1NC(=O)c1cc2cc(N(CC)S(=O)(=O)c3ccc(C)cc3)ccc2s1. The van der Waals surface area contributed by atoms with E-state index in [2.05, 4.69) is 28.2 Å². The lowest BCUT2D eigenvalue weighted by Crippen LogP contribution is -2.30. The summed E-state index contributed by atoms with van der Waals surface area (Å²) in [5, 5.41) is 3.91. The highest BCUT2D eigenvalue weighted by atomic mass is 79.9. The number of benzene rings is 3. The van der Waals surface area contributed by atoms with Crippen molar-refractivity contribution in [2.75, 3.05) is 16.2 Å². The normalized spacial score (nSPS) is 11.6. The number of hydrogen-bond donors (Lipinski definition) is 1. The van der Waals surface area contributed by atoms with Crippen molar-refractivity contribution in [2.45, 2.75) is 39.0 Å². The third-order valence-corrected chi connectivity index (χ3v) is 9.40. The Bertz CT molecular complexity index is 1510. The topological polar surface area (TPSA) is 66.5 Å². The van der Waals surface area contributed by atoms with Crippen molar-refractivity contribution in [3.63, 3.8) is 0 Å². The van der Waals surface area contributed by atoms with Gasteiger partial charge in [0.15, 0.2) is 0 Å². The summed E-state index contributed by atoms with van der Waals surface area (Å²) in [5.74, 6) is -0.174. The first-order chi connectivity index (χ1) is 16.6. The fraction of sp³-hybridized carbons (Fsp3) is 0.222. The molecule has 0 saturated carbocycles. The Morgan fingerprint density at radius 1 is 1.00 bits per heavy atom. The molecule has 0 aliphatic heterocycles. The highest BCUT2D eigenvalue weighted by Gasteiger charge is 2.24. The molecular weight excluding hydrogens is 544 g/mol. The van der Waals surface area contributed by atoms with Crippen LogP contribution < -0.4 is 9.62 Å². The molecule has 8 heteroatoms. The predicted octanol–water partition coefficient (Wildman–Crippen LogP) is 7.31. The molecule has 1 N–H and O–H groups in total. The van der Waals surface area contributed by atoms with Gasteiger partial charge in [0.2, 0.25) is 0 Å². The molecule has 1 aromatic heterocycles. The van der Waals surface area contributed by atoms with Crippen molar-refractivity contribution in [1.29, 1.82) is 0 Å². The van der Waals surface area contributed by atoms with E-state index in [4.69, 9.17) is 0 Å². The highest BCUT2D eigenvalue weighted by molar-refractivity contribution is 9.10. The van der Waals surface area contributed by atoms with Gasteiger partial charge in [0.25, 0.3) is 15.9 Å². The summed E-state index contributed by atoms with van der Waals surface area (Å²) >= 11 is 4.91. The lowest BCUT2D eigenvalue weighted by atomic mass is 10.1. The van der Waals surface area contributed by atoms with Gasteiger partial charge in [0, 0.05) is 21.4 Å². The van der Waals surface area contributed by atoms with Crippen LogP contribution in [0.1, 0.15) is 40.2 Å². The van der Waals surface area contributed by atoms with E-state index in [0.717, 1.165) is 43.4 Å². The second-order valence-electron chi connectivity index (χ2n) is 8.38. The van der Waals surface area contributed by atoms with E-state index in [1.54, 1.807) is 30.3 Å². The number of nitrogens with zero attached hydrogens (tertiary/aromatic N) is 1. The van der Waals surface area contributed by atoms with Crippen molar-refractivity contribution in [2.24, 2.45) is 0 Å². The lowest BCUT2D eigenvalue weighted by molar-refractivity contribution is 0.103. The molecule has 1 heterocycles. The van der Waals surface area contributed by atoms with Gasteiger partial charge in [-0.05, 0) is 92.2 Å². The number of rotatable bonds is 7. The van der Waals surface area contributed by atoms with E-state index >= 15 is 0 Å². The van der Waals surface area contributed by atoms with E-state index < -0.39 is 10.0 Å². The molecule has 0 atom stereocenters. The fourth-order valence-electron chi connectivity index (χ4n) is 4.07. The standard InChI is InChI=1S/C27H27BrN2O3S2/c1-5-19-14-21(28)13-18(4)26(19)29-27(31)25-16-20-15-22(9-12-24(20)34-25)30(6-2)35(32,33)23-10-7-17(3)8-11-23/h7-16H,5-6H2,1-4H3,(H,29,31). The largest absolute Gasteiger partial charge is 0.321 e. The number of amides is 1. The molecule has 0 fully saturated rings. The number of hydrogen-bond acceptors (Lipinski definition) is 4. The molecule has 0 bridgehead atoms. The molecule has 0 radical (unpaired) electrons. The number of nitrogens with one attached hydrogen (secondary N) is 1. The van der Waals surface area contributed by atoms with Crippen molar-refractivity contribution in [3.05, 3.63) is 86.7 Å². The van der Waals surface area contributed by atoms with E-state index in [1.165, 1.54) is 15.6 Å². The molecule has 0 aliphatic carbocycles. The first kappa shape index (κ1) is 25.4. The molecule has 0 aliphatic rings. The van der Waals surface area contributed by atoms with Gasteiger partial charge >= 0.3 is 0 Å². The summed E-state index contributed by atoms with van der Waals surface area (Å²) in [6.45, 7) is 8.07. The molecule has 0 unspecified atom stereocenters. The lowest BCUT2D eigenvalue weighted by Gasteiger charge is -2.23. The summed E-state index contributed by atoms with van der Waals surface area (Å²) in [4.78, 5) is 13.9. The molecule has 4 rings (SSSR count). The molecule has 0 saturated heterocycles. The Morgan fingerprint density at radius 2 is 1.71 bits per heavy atom. The van der Waals surface area contributed by atoms with Crippen LogP contribution in [0, 0.1) is 13.8 Å². The van der Waals surface area contributed by atoms with E-state index in [-0.39, 0.29) is 10.8 Å². The number of halogens is 1. The highest BCUT2D eigenvalue weighted by Crippen LogP contribution is 2.33. The summed E-state index contributed by atoms with van der Waals surface area (Å²) in [6.07, 6.45) is 0.800. The van der Waals surface area contributed by atoms with Gasteiger partial charge in [0.05, 0.1) is 15.5 Å². The average Bonchev–Trinajstić information content (AvgIpc) is 3.25. The second kappa shape index (κ2) is 10.1. The van der Waals surface area contributed by atoms with Gasteiger partial charge in [-0.25, -0.2) is 8.42 Å². The Kier molecular flexibility index (Phi) is 7.35. The summed E-state index contributed by atoms with van der Waals surface area (Å²) < 4.78 is 29.9.